The molecular formula is C23H23N3O3. The van der Waals surface area contributed by atoms with Crippen LogP contribution in [0.2, 0.25) is 0 Å². The van der Waals surface area contributed by atoms with Gasteiger partial charge in [0, 0.05) is 17.2 Å². The van der Waals surface area contributed by atoms with Gasteiger partial charge in [-0.25, -0.2) is 0 Å². The second kappa shape index (κ2) is 5.63. The molecule has 2 aromatic carbocycles. The fraction of sp³-hybridized carbons (Fsp3) is 0.304. The van der Waals surface area contributed by atoms with Crippen molar-refractivity contribution in [3.63, 3.8) is 0 Å². The molecule has 3 atom stereocenters. The minimum atomic E-state index is -0.603. The molecule has 3 aliphatic rings. The highest BCUT2D eigenvalue weighted by Crippen LogP contribution is 2.60. The number of fused-ring (bicyclic) bond motifs is 6. The van der Waals surface area contributed by atoms with Crippen LogP contribution in [0.5, 0.6) is 5.75 Å². The van der Waals surface area contributed by atoms with Crippen LogP contribution in [-0.4, -0.2) is 34.0 Å². The second-order valence-electron chi connectivity index (χ2n) is 8.64. The first-order valence-corrected chi connectivity index (χ1v) is 9.76. The van der Waals surface area contributed by atoms with E-state index in [1.54, 1.807) is 41.3 Å². The van der Waals surface area contributed by atoms with E-state index in [1.165, 1.54) is 0 Å². The Balaban J connectivity index is 1.74. The van der Waals surface area contributed by atoms with Crippen LogP contribution in [0.1, 0.15) is 36.2 Å². The minimum Gasteiger partial charge on any atom is -0.508 e. The summed E-state index contributed by atoms with van der Waals surface area (Å²) in [4.78, 5) is 28.4. The Labute approximate surface area is 169 Å². The van der Waals surface area contributed by atoms with E-state index in [0.29, 0.717) is 17.7 Å². The van der Waals surface area contributed by atoms with Gasteiger partial charge in [0.1, 0.15) is 18.0 Å². The van der Waals surface area contributed by atoms with E-state index in [4.69, 9.17) is 0 Å². The summed E-state index contributed by atoms with van der Waals surface area (Å²) in [6.07, 6.45) is 1.93. The Morgan fingerprint density at radius 3 is 2.72 bits per heavy atom. The molecule has 0 aliphatic carbocycles. The van der Waals surface area contributed by atoms with Crippen LogP contribution in [0, 0.1) is 5.41 Å². The fourth-order valence-corrected chi connectivity index (χ4v) is 5.33. The van der Waals surface area contributed by atoms with Crippen molar-refractivity contribution in [2.45, 2.75) is 37.9 Å². The number of nitrogens with zero attached hydrogens (tertiary/aromatic N) is 1. The third-order valence-corrected chi connectivity index (χ3v) is 6.98. The number of para-hydroxylation sites is 1. The number of phenolic OH excluding ortho intramolecular Hbond substituents is 1. The third-order valence-electron chi connectivity index (χ3n) is 6.98. The molecule has 0 aromatic heterocycles. The quantitative estimate of drug-likeness (QED) is 0.687. The molecule has 1 fully saturated rings. The summed E-state index contributed by atoms with van der Waals surface area (Å²) < 4.78 is 0. The van der Waals surface area contributed by atoms with E-state index in [9.17, 15) is 14.7 Å². The number of aromatic hydroxyl groups is 1. The maximum atomic E-state index is 13.6. The summed E-state index contributed by atoms with van der Waals surface area (Å²) in [6, 6.07) is 11.7. The number of rotatable bonds is 2. The van der Waals surface area contributed by atoms with E-state index in [1.807, 2.05) is 12.1 Å². The third kappa shape index (κ3) is 2.11. The number of amides is 2. The van der Waals surface area contributed by atoms with Crippen molar-refractivity contribution < 1.29 is 14.7 Å². The van der Waals surface area contributed by atoms with Crippen molar-refractivity contribution in [2.75, 3.05) is 10.6 Å². The van der Waals surface area contributed by atoms with E-state index in [-0.39, 0.29) is 17.6 Å². The molecule has 1 saturated heterocycles. The molecule has 0 radical (unpaired) electrons. The Kier molecular flexibility index (Phi) is 3.45. The maximum Gasteiger partial charge on any atom is 0.258 e. The molecule has 2 amide bonds. The van der Waals surface area contributed by atoms with Crippen molar-refractivity contribution in [2.24, 2.45) is 5.41 Å². The molecule has 0 spiro atoms. The van der Waals surface area contributed by atoms with Crippen molar-refractivity contribution in [1.82, 2.24) is 4.90 Å². The van der Waals surface area contributed by atoms with Gasteiger partial charge in [-0.3, -0.25) is 9.59 Å². The lowest BCUT2D eigenvalue weighted by Crippen LogP contribution is -2.53. The van der Waals surface area contributed by atoms with Gasteiger partial charge in [0.25, 0.3) is 5.91 Å². The number of benzene rings is 2. The molecule has 3 aliphatic heterocycles. The molecule has 0 unspecified atom stereocenters. The zero-order valence-corrected chi connectivity index (χ0v) is 16.4. The van der Waals surface area contributed by atoms with Gasteiger partial charge in [0.2, 0.25) is 5.91 Å². The smallest absolute Gasteiger partial charge is 0.258 e. The molecule has 5 rings (SSSR count). The fourth-order valence-electron chi connectivity index (χ4n) is 5.33. The summed E-state index contributed by atoms with van der Waals surface area (Å²) in [5.74, 6) is -0.205. The van der Waals surface area contributed by atoms with Crippen molar-refractivity contribution in [3.05, 3.63) is 66.2 Å². The zero-order valence-electron chi connectivity index (χ0n) is 16.4. The molecular weight excluding hydrogens is 366 g/mol. The molecule has 0 bridgehead atoms. The topological polar surface area (TPSA) is 81.7 Å². The SMILES string of the molecule is C=CC(C)(C)[C@@]12C[C@H]3C(=O)Nc4ccccc4C(=O)N3[C@@H]1Nc1cc(O)ccc12. The van der Waals surface area contributed by atoms with Crippen LogP contribution in [-0.2, 0) is 10.2 Å². The van der Waals surface area contributed by atoms with E-state index in [2.05, 4.69) is 31.1 Å². The number of phenols is 1. The molecule has 6 nitrogen and oxygen atoms in total. The summed E-state index contributed by atoms with van der Waals surface area (Å²) in [7, 11) is 0. The number of nitrogens with one attached hydrogen (secondary N) is 2. The first kappa shape index (κ1) is 17.8. The monoisotopic (exact) mass is 389 g/mol. The van der Waals surface area contributed by atoms with Crippen LogP contribution in [0.25, 0.3) is 0 Å². The lowest BCUT2D eigenvalue weighted by Gasteiger charge is -2.43. The van der Waals surface area contributed by atoms with Crippen molar-refractivity contribution >= 4 is 23.2 Å². The number of carbonyl (C=O) groups excluding carboxylic acids is 2. The lowest BCUT2D eigenvalue weighted by molar-refractivity contribution is -0.119. The standard InChI is InChI=1S/C23H23N3O3/c1-4-22(2,3)23-12-18-19(28)24-16-8-6-5-7-14(16)20(29)26(18)21(23)25-17-11-13(27)9-10-15(17)23/h4-11,18,21,25,27H,1,12H2,2-3H3,(H,24,28)/t18-,21-,23+/m0/s1. The maximum absolute atomic E-state index is 13.6. The van der Waals surface area contributed by atoms with Crippen LogP contribution in [0.4, 0.5) is 11.4 Å². The summed E-state index contributed by atoms with van der Waals surface area (Å²) in [5.41, 5.74) is 1.83. The van der Waals surface area contributed by atoms with Crippen LogP contribution >= 0.6 is 0 Å². The van der Waals surface area contributed by atoms with Gasteiger partial charge in [-0.1, -0.05) is 38.1 Å². The second-order valence-corrected chi connectivity index (χ2v) is 8.64. The number of anilines is 2. The number of hydrogen-bond donors (Lipinski definition) is 3. The molecule has 6 heteroatoms. The number of hydrogen-bond acceptors (Lipinski definition) is 4. The van der Waals surface area contributed by atoms with Gasteiger partial charge in [-0.2, -0.15) is 0 Å². The normalized spacial score (nSPS) is 27.2. The largest absolute Gasteiger partial charge is 0.508 e. The minimum absolute atomic E-state index is 0.157. The van der Waals surface area contributed by atoms with Gasteiger partial charge in [-0.15, -0.1) is 6.58 Å². The number of carbonyl (C=O) groups is 2. The Bertz CT molecular complexity index is 1080. The molecule has 2 aromatic rings. The first-order valence-electron chi connectivity index (χ1n) is 9.76. The van der Waals surface area contributed by atoms with E-state index >= 15 is 0 Å². The summed E-state index contributed by atoms with van der Waals surface area (Å²) in [6.45, 7) is 8.22. The summed E-state index contributed by atoms with van der Waals surface area (Å²) in [5, 5.41) is 16.4. The lowest BCUT2D eigenvalue weighted by atomic mass is 9.60. The van der Waals surface area contributed by atoms with E-state index in [0.717, 1.165) is 11.3 Å². The predicted molar refractivity (Wildman–Crippen MR) is 111 cm³/mol. The highest BCUT2D eigenvalue weighted by molar-refractivity contribution is 6.10. The number of allylic oxidation sites excluding steroid dienone is 1. The molecule has 3 heterocycles. The molecule has 29 heavy (non-hydrogen) atoms. The van der Waals surface area contributed by atoms with Crippen LogP contribution in [0.3, 0.4) is 0 Å². The highest BCUT2D eigenvalue weighted by Gasteiger charge is 2.66. The van der Waals surface area contributed by atoms with Crippen LogP contribution < -0.4 is 10.6 Å². The predicted octanol–water partition coefficient (Wildman–Crippen LogP) is 3.46. The summed E-state index contributed by atoms with van der Waals surface area (Å²) >= 11 is 0. The molecule has 148 valence electrons. The Morgan fingerprint density at radius 1 is 1.21 bits per heavy atom. The average molecular weight is 389 g/mol. The van der Waals surface area contributed by atoms with Gasteiger partial charge >= 0.3 is 0 Å². The van der Waals surface area contributed by atoms with E-state index < -0.39 is 23.0 Å². The van der Waals surface area contributed by atoms with Gasteiger partial charge in [-0.05, 0) is 35.6 Å². The Morgan fingerprint density at radius 2 is 1.97 bits per heavy atom. The van der Waals surface area contributed by atoms with Gasteiger partial charge < -0.3 is 20.6 Å². The molecule has 0 saturated carbocycles. The van der Waals surface area contributed by atoms with Gasteiger partial charge in [0.05, 0.1) is 11.3 Å². The van der Waals surface area contributed by atoms with Crippen molar-refractivity contribution in [3.8, 4) is 5.75 Å². The average Bonchev–Trinajstić information content (AvgIpc) is 3.16. The zero-order chi connectivity index (χ0) is 20.6. The first-order chi connectivity index (χ1) is 13.8. The van der Waals surface area contributed by atoms with Crippen molar-refractivity contribution in [1.29, 1.82) is 0 Å². The Hall–Kier alpha value is -3.28. The highest BCUT2D eigenvalue weighted by atomic mass is 16.3. The van der Waals surface area contributed by atoms with Gasteiger partial charge in [0.15, 0.2) is 0 Å². The van der Waals surface area contributed by atoms with Crippen LogP contribution in [0.15, 0.2) is 55.1 Å². The molecule has 3 N–H and O–H groups in total.